The van der Waals surface area contributed by atoms with Crippen LogP contribution in [0.25, 0.3) is 0 Å². The Labute approximate surface area is 240 Å². The second-order valence-corrected chi connectivity index (χ2v) is 8.71. The molecule has 0 aromatic heterocycles. The zero-order valence-corrected chi connectivity index (χ0v) is 23.5. The molecular weight excluding hydrogens is 542 g/mol. The van der Waals surface area contributed by atoms with Gasteiger partial charge >= 0.3 is 0 Å². The van der Waals surface area contributed by atoms with Crippen molar-refractivity contribution in [1.82, 2.24) is 10.6 Å². The van der Waals surface area contributed by atoms with Gasteiger partial charge in [0.05, 0.1) is 66.0 Å². The van der Waals surface area contributed by atoms with Gasteiger partial charge in [-0.1, -0.05) is 12.1 Å². The third-order valence-corrected chi connectivity index (χ3v) is 5.43. The van der Waals surface area contributed by atoms with Gasteiger partial charge in [0.1, 0.15) is 12.6 Å². The average molecular weight is 588 g/mol. The number of unbranched alkanes of at least 4 members (excludes halogenated alkanes) is 1. The molecule has 0 heterocycles. The van der Waals surface area contributed by atoms with Crippen LogP contribution in [0.2, 0.25) is 0 Å². The summed E-state index contributed by atoms with van der Waals surface area (Å²) in [5.74, 6) is 3.64. The van der Waals surface area contributed by atoms with Crippen molar-refractivity contribution < 1.29 is 48.3 Å². The number of benzene rings is 1. The second kappa shape index (κ2) is 25.0. The number of carbonyl (C=O) groups excluding carboxylic acids is 3. The zero-order chi connectivity index (χ0) is 30.0. The summed E-state index contributed by atoms with van der Waals surface area (Å²) in [6, 6.07) is 5.91. The number of rotatable bonds is 26. The number of ether oxygens (including phenoxy) is 4. The minimum Gasteiger partial charge on any atom is -0.379 e. The van der Waals surface area contributed by atoms with Gasteiger partial charge in [0, 0.05) is 12.1 Å². The highest BCUT2D eigenvalue weighted by atomic mass is 17.1. The van der Waals surface area contributed by atoms with Crippen LogP contribution >= 0.6 is 0 Å². The Kier molecular flexibility index (Phi) is 22.1. The molecule has 8 N–H and O–H groups in total. The first-order valence-electron chi connectivity index (χ1n) is 13.5. The predicted molar refractivity (Wildman–Crippen MR) is 148 cm³/mol. The first kappa shape index (κ1) is 36.3. The summed E-state index contributed by atoms with van der Waals surface area (Å²) in [5, 5.41) is 16.5. The first-order valence-corrected chi connectivity index (χ1v) is 13.5. The van der Waals surface area contributed by atoms with E-state index in [2.05, 4.69) is 25.7 Å². The molecule has 0 aliphatic heterocycles. The number of nitrogens with two attached hydrogens (primary N) is 2. The van der Waals surface area contributed by atoms with E-state index in [1.54, 1.807) is 24.3 Å². The highest BCUT2D eigenvalue weighted by Crippen LogP contribution is 2.12. The summed E-state index contributed by atoms with van der Waals surface area (Å²) in [7, 11) is 0. The number of hydrogen-bond donors (Lipinski definition) is 6. The molecule has 0 aliphatic carbocycles. The molecule has 3 amide bonds. The molecule has 0 saturated carbocycles. The maximum atomic E-state index is 12.8. The van der Waals surface area contributed by atoms with Crippen LogP contribution in [-0.4, -0.2) is 102 Å². The lowest BCUT2D eigenvalue weighted by Gasteiger charge is -2.19. The number of carbonyl (C=O) groups is 3. The minimum absolute atomic E-state index is 0.0271. The van der Waals surface area contributed by atoms with Crippen molar-refractivity contribution in [3.05, 3.63) is 29.8 Å². The summed E-state index contributed by atoms with van der Waals surface area (Å²) in [4.78, 5) is 45.7. The standard InChI is InChI=1S/C26H45N5O10/c27-9-2-1-3-23(26(34)30-22-6-4-21(5-7-22)20-41-35)31-25(33)19-29-24(32)8-10-36-11-12-37-13-14-38-15-16-39-17-18-40-28/h4-7,23,35H,1-3,8-20,27-28H2,(H,29,32)(H,30,34)(H,31,33). The Morgan fingerprint density at radius 1 is 0.805 bits per heavy atom. The molecule has 0 bridgehead atoms. The van der Waals surface area contributed by atoms with E-state index in [-0.39, 0.29) is 32.1 Å². The van der Waals surface area contributed by atoms with Crippen LogP contribution in [0.15, 0.2) is 24.3 Å². The fourth-order valence-electron chi connectivity index (χ4n) is 3.30. The molecule has 1 aromatic carbocycles. The summed E-state index contributed by atoms with van der Waals surface area (Å²) in [5.41, 5.74) is 6.80. The van der Waals surface area contributed by atoms with Gasteiger partial charge in [0.25, 0.3) is 0 Å². The Bertz CT molecular complexity index is 831. The highest BCUT2D eigenvalue weighted by Gasteiger charge is 2.21. The van der Waals surface area contributed by atoms with Crippen molar-refractivity contribution in [3.8, 4) is 0 Å². The van der Waals surface area contributed by atoms with E-state index in [1.807, 2.05) is 0 Å². The molecule has 41 heavy (non-hydrogen) atoms. The molecule has 1 atom stereocenters. The van der Waals surface area contributed by atoms with Crippen molar-refractivity contribution >= 4 is 23.4 Å². The Morgan fingerprint density at radius 2 is 1.39 bits per heavy atom. The largest absolute Gasteiger partial charge is 0.379 e. The molecule has 15 heteroatoms. The van der Waals surface area contributed by atoms with Crippen LogP contribution in [0.4, 0.5) is 5.69 Å². The minimum atomic E-state index is -0.801. The van der Waals surface area contributed by atoms with E-state index in [0.29, 0.717) is 84.3 Å². The first-order chi connectivity index (χ1) is 20.0. The predicted octanol–water partition coefficient (Wildman–Crippen LogP) is -0.308. The van der Waals surface area contributed by atoms with Crippen LogP contribution in [0, 0.1) is 0 Å². The van der Waals surface area contributed by atoms with Crippen molar-refractivity contribution in [3.63, 3.8) is 0 Å². The highest BCUT2D eigenvalue weighted by molar-refractivity contribution is 5.97. The van der Waals surface area contributed by atoms with E-state index in [9.17, 15) is 14.4 Å². The summed E-state index contributed by atoms with van der Waals surface area (Å²) >= 11 is 0. The smallest absolute Gasteiger partial charge is 0.246 e. The van der Waals surface area contributed by atoms with Gasteiger partial charge in [-0.2, -0.15) is 0 Å². The summed E-state index contributed by atoms with van der Waals surface area (Å²) < 4.78 is 21.3. The number of anilines is 1. The van der Waals surface area contributed by atoms with Gasteiger partial charge in [0.15, 0.2) is 0 Å². The van der Waals surface area contributed by atoms with Gasteiger partial charge in [0.2, 0.25) is 17.7 Å². The molecular formula is C26H45N5O10. The Morgan fingerprint density at radius 3 is 1.95 bits per heavy atom. The number of hydrogen-bond acceptors (Lipinski definition) is 12. The molecule has 0 aliphatic rings. The van der Waals surface area contributed by atoms with E-state index in [4.69, 9.17) is 35.8 Å². The van der Waals surface area contributed by atoms with Crippen molar-refractivity contribution in [2.24, 2.45) is 11.6 Å². The van der Waals surface area contributed by atoms with Crippen LogP contribution in [0.3, 0.4) is 0 Å². The van der Waals surface area contributed by atoms with E-state index < -0.39 is 17.9 Å². The number of amides is 3. The fourth-order valence-corrected chi connectivity index (χ4v) is 3.30. The van der Waals surface area contributed by atoms with Crippen LogP contribution in [0.5, 0.6) is 0 Å². The molecule has 0 fully saturated rings. The van der Waals surface area contributed by atoms with Gasteiger partial charge in [-0.25, -0.2) is 10.8 Å². The molecule has 0 saturated heterocycles. The molecule has 234 valence electrons. The van der Waals surface area contributed by atoms with Crippen molar-refractivity contribution in [2.75, 3.05) is 77.9 Å². The average Bonchev–Trinajstić information content (AvgIpc) is 2.97. The van der Waals surface area contributed by atoms with Crippen molar-refractivity contribution in [2.45, 2.75) is 38.3 Å². The van der Waals surface area contributed by atoms with Gasteiger partial charge < -0.3 is 45.5 Å². The lowest BCUT2D eigenvalue weighted by Crippen LogP contribution is -2.47. The molecule has 15 nitrogen and oxygen atoms in total. The molecule has 1 unspecified atom stereocenters. The maximum Gasteiger partial charge on any atom is 0.246 e. The lowest BCUT2D eigenvalue weighted by molar-refractivity contribution is -0.253. The normalized spacial score (nSPS) is 11.7. The second-order valence-electron chi connectivity index (χ2n) is 8.71. The Hall–Kier alpha value is -2.73. The van der Waals surface area contributed by atoms with Crippen LogP contribution < -0.4 is 27.6 Å². The molecule has 0 radical (unpaired) electrons. The fraction of sp³-hybridized carbons (Fsp3) is 0.654. The third-order valence-electron chi connectivity index (χ3n) is 5.43. The third kappa shape index (κ3) is 19.9. The number of nitrogens with one attached hydrogen (secondary N) is 3. The molecule has 1 aromatic rings. The van der Waals surface area contributed by atoms with Gasteiger partial charge in [-0.05, 0) is 43.5 Å². The SMILES string of the molecule is NCCCCC(NC(=O)CNC(=O)CCOCCOCCOCCOCCON)C(=O)Nc1ccc(COO)cc1. The monoisotopic (exact) mass is 587 g/mol. The Balaban J connectivity index is 2.20. The summed E-state index contributed by atoms with van der Waals surface area (Å²) in [6.07, 6.45) is 1.81. The van der Waals surface area contributed by atoms with Crippen LogP contribution in [-0.2, 0) is 49.7 Å². The quantitative estimate of drug-likeness (QED) is 0.0468. The topological polar surface area (TPSA) is 215 Å². The van der Waals surface area contributed by atoms with E-state index in [1.165, 1.54) is 0 Å². The lowest BCUT2D eigenvalue weighted by atomic mass is 10.1. The van der Waals surface area contributed by atoms with Crippen molar-refractivity contribution in [1.29, 1.82) is 0 Å². The molecule has 0 spiro atoms. The summed E-state index contributed by atoms with van der Waals surface area (Å²) in [6.45, 7) is 3.52. The molecule has 1 rings (SSSR count). The van der Waals surface area contributed by atoms with Gasteiger partial charge in [-0.15, -0.1) is 0 Å². The van der Waals surface area contributed by atoms with E-state index in [0.717, 1.165) is 5.56 Å². The van der Waals surface area contributed by atoms with Crippen LogP contribution in [0.1, 0.15) is 31.2 Å². The van der Waals surface area contributed by atoms with Gasteiger partial charge in [-0.3, -0.25) is 19.6 Å². The zero-order valence-electron chi connectivity index (χ0n) is 23.5. The maximum absolute atomic E-state index is 12.8. The van der Waals surface area contributed by atoms with E-state index >= 15 is 0 Å².